The molecule has 1 aromatic carbocycles. The number of aromatic nitrogens is 2. The molecule has 2 aromatic heterocycles. The van der Waals surface area contributed by atoms with E-state index >= 15 is 4.79 Å². The zero-order valence-electron chi connectivity index (χ0n) is 38.7. The number of hydrogen-bond acceptors (Lipinski definition) is 7. The summed E-state index contributed by atoms with van der Waals surface area (Å²) < 4.78 is 14.0. The molecular formula is C53H70N2O7. The number of fused-ring (bicyclic) bond motifs is 4. The van der Waals surface area contributed by atoms with E-state index in [-0.39, 0.29) is 29.1 Å². The molecular weight excluding hydrogens is 777 g/mol. The molecule has 334 valence electrons. The van der Waals surface area contributed by atoms with Gasteiger partial charge in [-0.2, -0.15) is 0 Å². The van der Waals surface area contributed by atoms with Crippen molar-refractivity contribution in [1.29, 1.82) is 0 Å². The molecule has 3 aromatic rings. The number of nitrogens with one attached hydrogen (secondary N) is 1. The third-order valence-electron chi connectivity index (χ3n) is 19.1. The Morgan fingerprint density at radius 1 is 0.968 bits per heavy atom. The van der Waals surface area contributed by atoms with Gasteiger partial charge >= 0.3 is 0 Å². The van der Waals surface area contributed by atoms with Gasteiger partial charge in [0.25, 0.3) is 0 Å². The predicted molar refractivity (Wildman–Crippen MR) is 239 cm³/mol. The van der Waals surface area contributed by atoms with Crippen LogP contribution < -0.4 is 0 Å². The van der Waals surface area contributed by atoms with Crippen molar-refractivity contribution in [3.63, 3.8) is 0 Å². The van der Waals surface area contributed by atoms with Gasteiger partial charge in [0.1, 0.15) is 18.2 Å². The van der Waals surface area contributed by atoms with Gasteiger partial charge in [-0.15, -0.1) is 0 Å². The van der Waals surface area contributed by atoms with Gasteiger partial charge in [-0.3, -0.25) is 9.59 Å². The number of carbonyl (C=O) groups is 3. The molecule has 3 N–H and O–H groups in total. The molecule has 62 heavy (non-hydrogen) atoms. The Hall–Kier alpha value is -3.37. The molecule has 9 nitrogen and oxygen atoms in total. The van der Waals surface area contributed by atoms with Gasteiger partial charge in [0.2, 0.25) is 0 Å². The maximum atomic E-state index is 15.3. The number of rotatable bonds is 7. The lowest BCUT2D eigenvalue weighted by molar-refractivity contribution is -0.220. The van der Waals surface area contributed by atoms with Gasteiger partial charge in [0, 0.05) is 72.9 Å². The first kappa shape index (κ1) is 42.6. The number of aromatic amines is 1. The zero-order valence-corrected chi connectivity index (χ0v) is 38.7. The number of epoxide rings is 1. The molecule has 0 radical (unpaired) electrons. The molecule has 2 saturated heterocycles. The molecule has 0 unspecified atom stereocenters. The van der Waals surface area contributed by atoms with Crippen molar-refractivity contribution >= 4 is 28.9 Å². The number of H-pyrrole nitrogens is 1. The van der Waals surface area contributed by atoms with Gasteiger partial charge in [-0.05, 0) is 128 Å². The quantitative estimate of drug-likeness (QED) is 0.160. The molecule has 11 atom stereocenters. The van der Waals surface area contributed by atoms with Gasteiger partial charge in [0.05, 0.1) is 34.8 Å². The lowest BCUT2D eigenvalue weighted by Crippen LogP contribution is -2.67. The second kappa shape index (κ2) is 14.1. The monoisotopic (exact) mass is 847 g/mol. The van der Waals surface area contributed by atoms with Crippen LogP contribution >= 0.6 is 0 Å². The number of aldehydes is 1. The number of nitrogens with zero attached hydrogens (tertiary/aromatic N) is 1. The first-order valence-electron chi connectivity index (χ1n) is 23.9. The minimum Gasteiger partial charge on any atom is -0.392 e. The van der Waals surface area contributed by atoms with E-state index in [1.165, 1.54) is 5.56 Å². The van der Waals surface area contributed by atoms with E-state index in [4.69, 9.17) is 9.47 Å². The highest BCUT2D eigenvalue weighted by Gasteiger charge is 2.72. The molecule has 9 heteroatoms. The normalized spacial score (nSPS) is 38.6. The second-order valence-corrected chi connectivity index (χ2v) is 23.4. The Morgan fingerprint density at radius 3 is 2.39 bits per heavy atom. The summed E-state index contributed by atoms with van der Waals surface area (Å²) in [5.74, 6) is -0.0959. The molecule has 4 aliphatic carbocycles. The van der Waals surface area contributed by atoms with Gasteiger partial charge in [0.15, 0.2) is 5.78 Å². The molecule has 0 bridgehead atoms. The maximum absolute atomic E-state index is 15.3. The van der Waals surface area contributed by atoms with Crippen molar-refractivity contribution in [2.45, 2.75) is 169 Å². The van der Waals surface area contributed by atoms with Crippen LogP contribution in [0, 0.1) is 51.8 Å². The Labute approximate surface area is 367 Å². The van der Waals surface area contributed by atoms with Crippen LogP contribution in [0.1, 0.15) is 153 Å². The summed E-state index contributed by atoms with van der Waals surface area (Å²) >= 11 is 0. The Bertz CT molecular complexity index is 2400. The van der Waals surface area contributed by atoms with Gasteiger partial charge in [-0.25, -0.2) is 0 Å². The highest BCUT2D eigenvalue weighted by atomic mass is 16.6. The molecule has 0 amide bonds. The van der Waals surface area contributed by atoms with Crippen molar-refractivity contribution in [1.82, 2.24) is 9.55 Å². The summed E-state index contributed by atoms with van der Waals surface area (Å²) in [5.41, 5.74) is 6.41. The number of ether oxygens (including phenoxy) is 2. The third-order valence-corrected chi connectivity index (χ3v) is 19.1. The summed E-state index contributed by atoms with van der Waals surface area (Å²) in [4.78, 5) is 46.0. The topological polar surface area (TPSA) is 134 Å². The number of Topliss-reactive ketones (excluding diaryl/α,β-unsaturated/α-hetero) is 2. The van der Waals surface area contributed by atoms with Crippen LogP contribution in [0.15, 0.2) is 41.7 Å². The van der Waals surface area contributed by atoms with Crippen LogP contribution in [0.3, 0.4) is 0 Å². The number of aryl methyl sites for hydroxylation is 2. The SMILES string of the molecule is Cc1cc(C2CCOCC2)cc([C@H](C=O)c2cn3c4c(c[nH]c24)CC[C@@](C)(C[C@@H](O)[C@H]2OC2(C)C)C2=C4[C@@H](C3)[C@@H](O)[C@@H]3[C@]5(C)CCC(=O)C(C)(C)[C@@H]5CC[C@]3(C)[C@@]4(C)CC2=O)c1. The van der Waals surface area contributed by atoms with Crippen LogP contribution in [0.4, 0.5) is 0 Å². The molecule has 3 aliphatic heterocycles. The van der Waals surface area contributed by atoms with E-state index < -0.39 is 51.3 Å². The summed E-state index contributed by atoms with van der Waals surface area (Å²) in [6.45, 7) is 21.6. The average molecular weight is 847 g/mol. The van der Waals surface area contributed by atoms with Crippen molar-refractivity contribution in [3.05, 3.63) is 69.6 Å². The molecule has 10 rings (SSSR count). The number of aliphatic hydroxyl groups excluding tert-OH is 2. The highest BCUT2D eigenvalue weighted by molar-refractivity contribution is 6.02. The van der Waals surface area contributed by atoms with E-state index in [0.29, 0.717) is 50.4 Å². The number of ketones is 2. The van der Waals surface area contributed by atoms with E-state index in [0.717, 1.165) is 96.0 Å². The third kappa shape index (κ3) is 5.95. The standard InChI is InChI=1S/C53H70N2O7/c1-29-20-32(30-13-18-61-19-14-30)22-33(21-29)36(28-56)34-26-55-27-35-41-42(50(6,23-38(58)47-49(4,5)62-47)15-10-31-25-54-43(34)44(31)55)37(57)24-53(41,9)52(8)17-11-39-48(2,3)40(59)12-16-51(39,7)46(52)45(35)60/h20-22,25-26,28,30,35-36,38-39,45-47,54,58,60H,10-19,23-24,27H2,1-9H3/t35-,36+,38-,39+,45-,46-,47-,50+,51-,52+,53+/m1/s1. The van der Waals surface area contributed by atoms with Crippen LogP contribution in [0.25, 0.3) is 11.0 Å². The van der Waals surface area contributed by atoms with E-state index in [9.17, 15) is 19.8 Å². The second-order valence-electron chi connectivity index (χ2n) is 23.4. The molecule has 5 heterocycles. The molecule has 5 fully saturated rings. The lowest BCUT2D eigenvalue weighted by atomic mass is 9.34. The molecule has 3 saturated carbocycles. The number of hydrogen-bond donors (Lipinski definition) is 3. The Balaban J connectivity index is 1.15. The van der Waals surface area contributed by atoms with E-state index in [2.05, 4.69) is 88.6 Å². The number of carbonyl (C=O) groups excluding carboxylic acids is 3. The smallest absolute Gasteiger partial charge is 0.160 e. The number of benzene rings is 1. The van der Waals surface area contributed by atoms with Crippen LogP contribution in [-0.2, 0) is 36.8 Å². The van der Waals surface area contributed by atoms with Crippen molar-refractivity contribution < 1.29 is 34.1 Å². The summed E-state index contributed by atoms with van der Waals surface area (Å²) in [7, 11) is 0. The number of aliphatic hydroxyl groups is 2. The van der Waals surface area contributed by atoms with Crippen LogP contribution in [0.2, 0.25) is 0 Å². The van der Waals surface area contributed by atoms with Crippen molar-refractivity contribution in [2.24, 2.45) is 44.8 Å². The first-order chi connectivity index (χ1) is 29.2. The molecule has 0 spiro atoms. The Morgan fingerprint density at radius 2 is 1.69 bits per heavy atom. The van der Waals surface area contributed by atoms with Crippen molar-refractivity contribution in [2.75, 3.05) is 13.2 Å². The fraction of sp³-hybridized carbons (Fsp3) is 0.679. The van der Waals surface area contributed by atoms with Crippen LogP contribution in [0.5, 0.6) is 0 Å². The fourth-order valence-corrected chi connectivity index (χ4v) is 15.8. The molecule has 7 aliphatic rings. The predicted octanol–water partition coefficient (Wildman–Crippen LogP) is 9.08. The van der Waals surface area contributed by atoms with E-state index in [1.807, 2.05) is 13.8 Å². The van der Waals surface area contributed by atoms with Gasteiger partial charge in [-0.1, -0.05) is 65.3 Å². The first-order valence-corrected chi connectivity index (χ1v) is 23.9. The summed E-state index contributed by atoms with van der Waals surface area (Å²) in [6.07, 6.45) is 10.4. The number of allylic oxidation sites excluding steroid dienone is 1. The highest BCUT2D eigenvalue weighted by Crippen LogP contribution is 2.75. The Kier molecular flexibility index (Phi) is 9.66. The summed E-state index contributed by atoms with van der Waals surface area (Å²) in [5, 5.41) is 25.5. The summed E-state index contributed by atoms with van der Waals surface area (Å²) in [6, 6.07) is 6.65. The minimum atomic E-state index is -0.788. The maximum Gasteiger partial charge on any atom is 0.160 e. The zero-order chi connectivity index (χ0) is 44.1. The average Bonchev–Trinajstić information content (AvgIpc) is 3.46. The van der Waals surface area contributed by atoms with Gasteiger partial charge < -0.3 is 34.0 Å². The van der Waals surface area contributed by atoms with E-state index in [1.54, 1.807) is 0 Å². The largest absolute Gasteiger partial charge is 0.392 e. The minimum absolute atomic E-state index is 0.117. The fourth-order valence-electron chi connectivity index (χ4n) is 15.8. The van der Waals surface area contributed by atoms with Crippen molar-refractivity contribution in [3.8, 4) is 0 Å². The van der Waals surface area contributed by atoms with Crippen LogP contribution in [-0.4, -0.2) is 74.7 Å². The lowest BCUT2D eigenvalue weighted by Gasteiger charge is -2.70.